The van der Waals surface area contributed by atoms with E-state index in [1.54, 1.807) is 0 Å². The fourth-order valence-electron chi connectivity index (χ4n) is 1.50. The molecule has 0 aliphatic heterocycles. The van der Waals surface area contributed by atoms with Gasteiger partial charge in [0, 0.05) is 31.0 Å². The zero-order valence-electron chi connectivity index (χ0n) is 10.0. The third-order valence-electron chi connectivity index (χ3n) is 2.21. The Morgan fingerprint density at radius 3 is 2.67 bits per heavy atom. The van der Waals surface area contributed by atoms with E-state index in [1.165, 1.54) is 5.69 Å². The predicted octanol–water partition coefficient (Wildman–Crippen LogP) is 1.74. The van der Waals surface area contributed by atoms with Crippen molar-refractivity contribution in [2.45, 2.75) is 38.5 Å². The number of aromatic nitrogens is 2. The molecule has 0 aromatic carbocycles. The predicted molar refractivity (Wildman–Crippen MR) is 67.2 cm³/mol. The average Bonchev–Trinajstić information content (AvgIpc) is 2.42. The summed E-state index contributed by atoms with van der Waals surface area (Å²) in [4.78, 5) is 0. The molecule has 0 saturated heterocycles. The van der Waals surface area contributed by atoms with Gasteiger partial charge in [0.15, 0.2) is 0 Å². The van der Waals surface area contributed by atoms with Crippen molar-refractivity contribution in [1.82, 2.24) is 9.78 Å². The van der Waals surface area contributed by atoms with E-state index in [-0.39, 0.29) is 6.04 Å². The number of nitrogens with two attached hydrogens (primary N) is 1. The summed E-state index contributed by atoms with van der Waals surface area (Å²) in [5.41, 5.74) is 8.36. The monoisotopic (exact) mass is 227 g/mol. The molecular formula is C11H21N3S. The lowest BCUT2D eigenvalue weighted by molar-refractivity contribution is 0.652. The van der Waals surface area contributed by atoms with Crippen LogP contribution in [0, 0.1) is 6.92 Å². The molecule has 4 heteroatoms. The Bertz CT molecular complexity index is 307. The highest BCUT2D eigenvalue weighted by Crippen LogP contribution is 2.12. The molecule has 15 heavy (non-hydrogen) atoms. The molecule has 1 aromatic heterocycles. The van der Waals surface area contributed by atoms with Crippen LogP contribution < -0.4 is 5.73 Å². The van der Waals surface area contributed by atoms with Gasteiger partial charge in [0.2, 0.25) is 0 Å². The number of hydrogen-bond donors (Lipinski definition) is 1. The first-order valence-electron chi connectivity index (χ1n) is 5.35. The van der Waals surface area contributed by atoms with Gasteiger partial charge in [-0.05, 0) is 18.2 Å². The number of rotatable bonds is 5. The molecule has 86 valence electrons. The summed E-state index contributed by atoms with van der Waals surface area (Å²) >= 11 is 1.92. The largest absolute Gasteiger partial charge is 0.327 e. The van der Waals surface area contributed by atoms with E-state index in [2.05, 4.69) is 25.0 Å². The lowest BCUT2D eigenvalue weighted by Crippen LogP contribution is -2.27. The van der Waals surface area contributed by atoms with E-state index in [1.807, 2.05) is 30.4 Å². The van der Waals surface area contributed by atoms with Gasteiger partial charge in [0.05, 0.1) is 5.69 Å². The summed E-state index contributed by atoms with van der Waals surface area (Å²) in [6, 6.07) is 2.34. The maximum atomic E-state index is 6.07. The van der Waals surface area contributed by atoms with Crippen LogP contribution in [0.1, 0.15) is 25.2 Å². The van der Waals surface area contributed by atoms with E-state index in [0.29, 0.717) is 5.25 Å². The normalized spacial score (nSPS) is 13.5. The molecule has 1 heterocycles. The topological polar surface area (TPSA) is 43.8 Å². The van der Waals surface area contributed by atoms with Crippen LogP contribution in [-0.4, -0.2) is 26.8 Å². The van der Waals surface area contributed by atoms with Crippen molar-refractivity contribution < 1.29 is 0 Å². The van der Waals surface area contributed by atoms with Gasteiger partial charge < -0.3 is 5.73 Å². The third-order valence-corrected chi connectivity index (χ3v) is 3.50. The number of hydrogen-bond acceptors (Lipinski definition) is 3. The first-order chi connectivity index (χ1) is 6.99. The molecule has 0 spiro atoms. The highest BCUT2D eigenvalue weighted by molar-refractivity contribution is 7.99. The van der Waals surface area contributed by atoms with Gasteiger partial charge in [0.25, 0.3) is 0 Å². The Morgan fingerprint density at radius 2 is 2.20 bits per heavy atom. The molecule has 0 bridgehead atoms. The molecule has 1 atom stereocenters. The highest BCUT2D eigenvalue weighted by atomic mass is 32.2. The Labute approximate surface area is 96.4 Å². The molecule has 2 N–H and O–H groups in total. The minimum atomic E-state index is 0.229. The first-order valence-corrected chi connectivity index (χ1v) is 6.40. The van der Waals surface area contributed by atoms with Crippen molar-refractivity contribution in [3.8, 4) is 0 Å². The summed E-state index contributed by atoms with van der Waals surface area (Å²) in [6.45, 7) is 6.41. The molecule has 0 amide bonds. The van der Waals surface area contributed by atoms with Crippen LogP contribution >= 0.6 is 11.8 Å². The molecule has 0 fully saturated rings. The summed E-state index contributed by atoms with van der Waals surface area (Å²) in [5, 5.41) is 4.97. The average molecular weight is 227 g/mol. The molecule has 0 aliphatic rings. The van der Waals surface area contributed by atoms with E-state index < -0.39 is 0 Å². The Hall–Kier alpha value is -0.480. The van der Waals surface area contributed by atoms with Gasteiger partial charge in [0.1, 0.15) is 0 Å². The van der Waals surface area contributed by atoms with Crippen LogP contribution in [0.25, 0.3) is 0 Å². The van der Waals surface area contributed by atoms with Crippen LogP contribution in [0.3, 0.4) is 0 Å². The number of nitrogens with zero attached hydrogens (tertiary/aromatic N) is 2. The lowest BCUT2D eigenvalue weighted by Gasteiger charge is -2.12. The zero-order chi connectivity index (χ0) is 11.4. The molecule has 1 rings (SSSR count). The van der Waals surface area contributed by atoms with Crippen molar-refractivity contribution in [1.29, 1.82) is 0 Å². The SMILES string of the molecule is Cc1cc(CC(N)CSC(C)C)n(C)n1. The van der Waals surface area contributed by atoms with E-state index in [0.717, 1.165) is 17.9 Å². The van der Waals surface area contributed by atoms with E-state index >= 15 is 0 Å². The van der Waals surface area contributed by atoms with E-state index in [9.17, 15) is 0 Å². The third kappa shape index (κ3) is 4.26. The Morgan fingerprint density at radius 1 is 1.53 bits per heavy atom. The first kappa shape index (κ1) is 12.6. The lowest BCUT2D eigenvalue weighted by atomic mass is 10.2. The zero-order valence-corrected chi connectivity index (χ0v) is 10.8. The van der Waals surface area contributed by atoms with Crippen molar-refractivity contribution in [3.05, 3.63) is 17.5 Å². The molecule has 1 unspecified atom stereocenters. The van der Waals surface area contributed by atoms with Crippen LogP contribution in [-0.2, 0) is 13.5 Å². The number of thioether (sulfide) groups is 1. The standard InChI is InChI=1S/C11H21N3S/c1-8(2)15-7-10(12)6-11-5-9(3)13-14(11)4/h5,8,10H,6-7,12H2,1-4H3. The van der Waals surface area contributed by atoms with Gasteiger partial charge in [-0.1, -0.05) is 13.8 Å². The minimum Gasteiger partial charge on any atom is -0.327 e. The second-order valence-corrected chi connectivity index (χ2v) is 5.86. The molecule has 0 radical (unpaired) electrons. The van der Waals surface area contributed by atoms with Gasteiger partial charge in [-0.25, -0.2) is 0 Å². The van der Waals surface area contributed by atoms with E-state index in [4.69, 9.17) is 5.73 Å². The molecule has 0 saturated carbocycles. The second kappa shape index (κ2) is 5.56. The quantitative estimate of drug-likeness (QED) is 0.833. The van der Waals surface area contributed by atoms with Crippen LogP contribution in [0.15, 0.2) is 6.07 Å². The maximum Gasteiger partial charge on any atom is 0.0596 e. The molecule has 0 aliphatic carbocycles. The van der Waals surface area contributed by atoms with Gasteiger partial charge in [-0.15, -0.1) is 0 Å². The molecule has 1 aromatic rings. The summed E-state index contributed by atoms with van der Waals surface area (Å²) in [7, 11) is 1.98. The summed E-state index contributed by atoms with van der Waals surface area (Å²) in [5.74, 6) is 1.02. The van der Waals surface area contributed by atoms with Crippen LogP contribution in [0.4, 0.5) is 0 Å². The van der Waals surface area contributed by atoms with Gasteiger partial charge >= 0.3 is 0 Å². The van der Waals surface area contributed by atoms with Crippen molar-refractivity contribution in [3.63, 3.8) is 0 Å². The van der Waals surface area contributed by atoms with Crippen LogP contribution in [0.2, 0.25) is 0 Å². The second-order valence-electron chi connectivity index (χ2n) is 4.25. The maximum absolute atomic E-state index is 6.07. The Balaban J connectivity index is 2.44. The van der Waals surface area contributed by atoms with Gasteiger partial charge in [-0.3, -0.25) is 4.68 Å². The Kier molecular flexibility index (Phi) is 4.67. The fraction of sp³-hybridized carbons (Fsp3) is 0.727. The smallest absolute Gasteiger partial charge is 0.0596 e. The van der Waals surface area contributed by atoms with Crippen molar-refractivity contribution in [2.24, 2.45) is 12.8 Å². The van der Waals surface area contributed by atoms with Gasteiger partial charge in [-0.2, -0.15) is 16.9 Å². The summed E-state index contributed by atoms with van der Waals surface area (Å²) in [6.07, 6.45) is 0.914. The molecule has 3 nitrogen and oxygen atoms in total. The van der Waals surface area contributed by atoms with Crippen LogP contribution in [0.5, 0.6) is 0 Å². The molecular weight excluding hydrogens is 206 g/mol. The summed E-state index contributed by atoms with van der Waals surface area (Å²) < 4.78 is 1.93. The van der Waals surface area contributed by atoms with Crippen molar-refractivity contribution >= 4 is 11.8 Å². The minimum absolute atomic E-state index is 0.229. The number of aryl methyl sites for hydroxylation is 2. The fourth-order valence-corrected chi connectivity index (χ4v) is 2.25. The highest BCUT2D eigenvalue weighted by Gasteiger charge is 2.09. The van der Waals surface area contributed by atoms with Crippen molar-refractivity contribution in [2.75, 3.05) is 5.75 Å².